The fourth-order valence-corrected chi connectivity index (χ4v) is 1.67. The van der Waals surface area contributed by atoms with Crippen LogP contribution in [0.3, 0.4) is 0 Å². The molecule has 0 saturated heterocycles. The monoisotopic (exact) mass is 214 g/mol. The summed E-state index contributed by atoms with van der Waals surface area (Å²) in [5.41, 5.74) is 6.33. The largest absolute Gasteiger partial charge is 0.481 e. The second-order valence-corrected chi connectivity index (χ2v) is 4.29. The van der Waals surface area contributed by atoms with Crippen molar-refractivity contribution in [3.8, 4) is 5.88 Å². The van der Waals surface area contributed by atoms with E-state index in [4.69, 9.17) is 15.6 Å². The van der Waals surface area contributed by atoms with Gasteiger partial charge in [0.1, 0.15) is 5.03 Å². The number of nitrogens with zero attached hydrogens (tertiary/aromatic N) is 1. The molecular weight excluding hydrogens is 200 g/mol. The van der Waals surface area contributed by atoms with Crippen LogP contribution in [0.15, 0.2) is 17.2 Å². The second kappa shape index (κ2) is 5.07. The molecule has 0 spiro atoms. The Bertz CT molecular complexity index is 307. The molecule has 1 unspecified atom stereocenters. The number of rotatable bonds is 4. The van der Waals surface area contributed by atoms with Gasteiger partial charge in [0.15, 0.2) is 0 Å². The molecule has 0 aliphatic carbocycles. The normalized spacial score (nSPS) is 12.5. The van der Waals surface area contributed by atoms with E-state index in [1.54, 1.807) is 19.2 Å². The summed E-state index contributed by atoms with van der Waals surface area (Å²) < 4.78 is 4.98. The zero-order valence-electron chi connectivity index (χ0n) is 8.23. The Labute approximate surface area is 87.5 Å². The van der Waals surface area contributed by atoms with E-state index < -0.39 is 0 Å². The summed E-state index contributed by atoms with van der Waals surface area (Å²) in [5.74, 6) is 0.534. The van der Waals surface area contributed by atoms with Crippen molar-refractivity contribution >= 4 is 17.4 Å². The van der Waals surface area contributed by atoms with Gasteiger partial charge < -0.3 is 15.6 Å². The van der Waals surface area contributed by atoms with Crippen molar-refractivity contribution in [1.29, 1.82) is 0 Å². The summed E-state index contributed by atoms with van der Waals surface area (Å²) in [6.07, 6.45) is 0. The molecule has 14 heavy (non-hydrogen) atoms. The van der Waals surface area contributed by atoms with Gasteiger partial charge in [0.2, 0.25) is 5.88 Å². The molecule has 1 heterocycles. The van der Waals surface area contributed by atoms with Gasteiger partial charge in [0.05, 0.1) is 19.4 Å². The Hall–Kier alpha value is -0.940. The van der Waals surface area contributed by atoms with Crippen LogP contribution in [0, 0.1) is 0 Å². The maximum Gasteiger partial charge on any atom is 0.214 e. The van der Waals surface area contributed by atoms with Crippen molar-refractivity contribution in [2.45, 2.75) is 17.2 Å². The fourth-order valence-electron chi connectivity index (χ4n) is 0.870. The van der Waals surface area contributed by atoms with Gasteiger partial charge in [-0.2, -0.15) is 0 Å². The minimum absolute atomic E-state index is 0.0805. The third kappa shape index (κ3) is 2.78. The number of anilines is 1. The summed E-state index contributed by atoms with van der Waals surface area (Å²) in [6.45, 7) is 2.01. The van der Waals surface area contributed by atoms with Gasteiger partial charge in [0, 0.05) is 11.3 Å². The van der Waals surface area contributed by atoms with E-state index >= 15 is 0 Å². The number of ether oxygens (including phenoxy) is 1. The maximum absolute atomic E-state index is 8.89. The Kier molecular flexibility index (Phi) is 4.03. The minimum atomic E-state index is 0.0805. The summed E-state index contributed by atoms with van der Waals surface area (Å²) in [4.78, 5) is 4.18. The van der Waals surface area contributed by atoms with Crippen LogP contribution in [-0.2, 0) is 0 Å². The molecule has 4 nitrogen and oxygen atoms in total. The van der Waals surface area contributed by atoms with Crippen LogP contribution in [0.1, 0.15) is 6.92 Å². The van der Waals surface area contributed by atoms with Crippen LogP contribution >= 0.6 is 11.8 Å². The fraction of sp³-hybridized carbons (Fsp3) is 0.444. The SMILES string of the molecule is COc1ccc(N)c(SC(C)CO)n1. The van der Waals surface area contributed by atoms with E-state index in [9.17, 15) is 0 Å². The Morgan fingerprint density at radius 3 is 2.93 bits per heavy atom. The van der Waals surface area contributed by atoms with Crippen molar-refractivity contribution in [3.63, 3.8) is 0 Å². The van der Waals surface area contributed by atoms with Crippen LogP contribution in [-0.4, -0.2) is 29.1 Å². The molecular formula is C9H14N2O2S. The minimum Gasteiger partial charge on any atom is -0.481 e. The summed E-state index contributed by atoms with van der Waals surface area (Å²) in [6, 6.07) is 3.46. The molecule has 0 fully saturated rings. The molecule has 5 heteroatoms. The summed E-state index contributed by atoms with van der Waals surface area (Å²) >= 11 is 1.43. The highest BCUT2D eigenvalue weighted by molar-refractivity contribution is 8.00. The molecule has 1 atom stereocenters. The van der Waals surface area contributed by atoms with Crippen LogP contribution in [0.4, 0.5) is 5.69 Å². The van der Waals surface area contributed by atoms with Crippen molar-refractivity contribution in [1.82, 2.24) is 4.98 Å². The van der Waals surface area contributed by atoms with Crippen molar-refractivity contribution in [2.24, 2.45) is 0 Å². The number of aliphatic hydroxyl groups excluding tert-OH is 1. The highest BCUT2D eigenvalue weighted by Crippen LogP contribution is 2.28. The number of hydrogen-bond donors (Lipinski definition) is 2. The molecule has 0 radical (unpaired) electrons. The van der Waals surface area contributed by atoms with Crippen LogP contribution in [0.5, 0.6) is 5.88 Å². The van der Waals surface area contributed by atoms with E-state index in [2.05, 4.69) is 4.98 Å². The maximum atomic E-state index is 8.89. The van der Waals surface area contributed by atoms with Crippen LogP contribution in [0.25, 0.3) is 0 Å². The topological polar surface area (TPSA) is 68.4 Å². The van der Waals surface area contributed by atoms with Gasteiger partial charge in [-0.25, -0.2) is 4.98 Å². The van der Waals surface area contributed by atoms with Gasteiger partial charge in [-0.15, -0.1) is 0 Å². The van der Waals surface area contributed by atoms with Gasteiger partial charge >= 0.3 is 0 Å². The third-order valence-electron chi connectivity index (χ3n) is 1.64. The van der Waals surface area contributed by atoms with Gasteiger partial charge in [0.25, 0.3) is 0 Å². The van der Waals surface area contributed by atoms with E-state index in [0.29, 0.717) is 16.6 Å². The molecule has 0 amide bonds. The quantitative estimate of drug-likeness (QED) is 0.736. The molecule has 0 saturated carbocycles. The molecule has 0 aliphatic rings. The molecule has 78 valence electrons. The Morgan fingerprint density at radius 1 is 1.64 bits per heavy atom. The molecule has 0 bridgehead atoms. The first-order valence-corrected chi connectivity index (χ1v) is 5.13. The number of thioether (sulfide) groups is 1. The first kappa shape index (κ1) is 11.1. The van der Waals surface area contributed by atoms with Crippen LogP contribution in [0.2, 0.25) is 0 Å². The van der Waals surface area contributed by atoms with Gasteiger partial charge in [-0.3, -0.25) is 0 Å². The van der Waals surface area contributed by atoms with Gasteiger partial charge in [-0.05, 0) is 6.07 Å². The van der Waals surface area contributed by atoms with Crippen molar-refractivity contribution in [2.75, 3.05) is 19.5 Å². The number of nitrogens with two attached hydrogens (primary N) is 1. The average molecular weight is 214 g/mol. The number of hydrogen-bond acceptors (Lipinski definition) is 5. The lowest BCUT2D eigenvalue weighted by Crippen LogP contribution is -2.04. The van der Waals surface area contributed by atoms with E-state index in [-0.39, 0.29) is 11.9 Å². The number of aromatic nitrogens is 1. The van der Waals surface area contributed by atoms with Gasteiger partial charge in [-0.1, -0.05) is 18.7 Å². The lowest BCUT2D eigenvalue weighted by Gasteiger charge is -2.09. The standard InChI is InChI=1S/C9H14N2O2S/c1-6(5-12)14-9-7(10)3-4-8(11-9)13-2/h3-4,6,12H,5,10H2,1-2H3. The number of aliphatic hydroxyl groups is 1. The highest BCUT2D eigenvalue weighted by Gasteiger charge is 2.08. The first-order chi connectivity index (χ1) is 6.67. The number of methoxy groups -OCH3 is 1. The molecule has 1 aromatic rings. The highest BCUT2D eigenvalue weighted by atomic mass is 32.2. The molecule has 3 N–H and O–H groups in total. The Morgan fingerprint density at radius 2 is 2.36 bits per heavy atom. The summed E-state index contributed by atoms with van der Waals surface area (Å²) in [5, 5.41) is 9.67. The molecule has 0 aliphatic heterocycles. The van der Waals surface area contributed by atoms with E-state index in [1.807, 2.05) is 6.92 Å². The lowest BCUT2D eigenvalue weighted by atomic mass is 10.4. The van der Waals surface area contributed by atoms with Crippen LogP contribution < -0.4 is 10.5 Å². The molecule has 1 aromatic heterocycles. The predicted molar refractivity (Wildman–Crippen MR) is 57.6 cm³/mol. The average Bonchev–Trinajstić information content (AvgIpc) is 2.21. The van der Waals surface area contributed by atoms with E-state index in [1.165, 1.54) is 11.8 Å². The smallest absolute Gasteiger partial charge is 0.214 e. The summed E-state index contributed by atoms with van der Waals surface area (Å²) in [7, 11) is 1.56. The zero-order valence-corrected chi connectivity index (χ0v) is 9.04. The van der Waals surface area contributed by atoms with E-state index in [0.717, 1.165) is 0 Å². The number of nitrogen functional groups attached to an aromatic ring is 1. The molecule has 0 aromatic carbocycles. The van der Waals surface area contributed by atoms with Crippen molar-refractivity contribution in [3.05, 3.63) is 12.1 Å². The Balaban J connectivity index is 2.83. The number of pyridine rings is 1. The first-order valence-electron chi connectivity index (χ1n) is 4.25. The lowest BCUT2D eigenvalue weighted by molar-refractivity contribution is 0.300. The molecule has 1 rings (SSSR count). The third-order valence-corrected chi connectivity index (χ3v) is 2.74. The predicted octanol–water partition coefficient (Wildman–Crippen LogP) is 1.15. The van der Waals surface area contributed by atoms with Crippen molar-refractivity contribution < 1.29 is 9.84 Å². The zero-order chi connectivity index (χ0) is 10.6. The second-order valence-electron chi connectivity index (χ2n) is 2.86.